The summed E-state index contributed by atoms with van der Waals surface area (Å²) < 4.78 is 5.33. The number of alkyl carbamates (subject to hydrolysis) is 1. The molecule has 1 amide bonds. The van der Waals surface area contributed by atoms with E-state index in [1.165, 1.54) is 23.3 Å². The van der Waals surface area contributed by atoms with Crippen LogP contribution >= 0.6 is 11.8 Å². The number of thioether (sulfide) groups is 1. The van der Waals surface area contributed by atoms with Gasteiger partial charge in [-0.3, -0.25) is 0 Å². The highest BCUT2D eigenvalue weighted by Gasteiger charge is 2.35. The van der Waals surface area contributed by atoms with Gasteiger partial charge in [-0.15, -0.1) is 11.8 Å². The minimum atomic E-state index is -0.451. The molecule has 2 aliphatic rings. The summed E-state index contributed by atoms with van der Waals surface area (Å²) in [7, 11) is 0. The van der Waals surface area contributed by atoms with Gasteiger partial charge in [-0.1, -0.05) is 18.2 Å². The molecular formula is C18H26N2O2S. The van der Waals surface area contributed by atoms with Gasteiger partial charge in [0.15, 0.2) is 0 Å². The van der Waals surface area contributed by atoms with Crippen molar-refractivity contribution in [2.45, 2.75) is 56.2 Å². The van der Waals surface area contributed by atoms with Crippen molar-refractivity contribution in [3.8, 4) is 0 Å². The monoisotopic (exact) mass is 334 g/mol. The number of hydrogen-bond acceptors (Lipinski definition) is 4. The third kappa shape index (κ3) is 4.64. The highest BCUT2D eigenvalue weighted by molar-refractivity contribution is 7.99. The minimum Gasteiger partial charge on any atom is -0.444 e. The zero-order valence-corrected chi connectivity index (χ0v) is 14.9. The second kappa shape index (κ2) is 6.73. The van der Waals surface area contributed by atoms with Crippen LogP contribution in [-0.4, -0.2) is 30.0 Å². The minimum absolute atomic E-state index is 0.319. The molecule has 3 rings (SSSR count). The Balaban J connectivity index is 1.55. The van der Waals surface area contributed by atoms with Gasteiger partial charge in [0.05, 0.1) is 0 Å². The van der Waals surface area contributed by atoms with Crippen LogP contribution in [0.2, 0.25) is 0 Å². The van der Waals surface area contributed by atoms with Gasteiger partial charge in [0.25, 0.3) is 0 Å². The molecule has 126 valence electrons. The van der Waals surface area contributed by atoms with E-state index in [2.05, 4.69) is 34.9 Å². The number of nitrogens with one attached hydrogen (secondary N) is 2. The molecule has 5 heteroatoms. The van der Waals surface area contributed by atoms with Crippen molar-refractivity contribution in [3.63, 3.8) is 0 Å². The largest absolute Gasteiger partial charge is 0.444 e. The molecule has 0 spiro atoms. The van der Waals surface area contributed by atoms with Gasteiger partial charge < -0.3 is 15.4 Å². The number of ether oxygens (including phenoxy) is 1. The number of benzene rings is 1. The van der Waals surface area contributed by atoms with E-state index < -0.39 is 5.60 Å². The molecule has 1 aliphatic carbocycles. The van der Waals surface area contributed by atoms with E-state index in [4.69, 9.17) is 4.74 Å². The first-order chi connectivity index (χ1) is 10.9. The summed E-state index contributed by atoms with van der Waals surface area (Å²) >= 11 is 1.91. The molecule has 1 aliphatic heterocycles. The predicted octanol–water partition coefficient (Wildman–Crippen LogP) is 3.73. The van der Waals surface area contributed by atoms with E-state index in [-0.39, 0.29) is 6.09 Å². The van der Waals surface area contributed by atoms with Gasteiger partial charge in [0.2, 0.25) is 0 Å². The van der Waals surface area contributed by atoms with Gasteiger partial charge in [-0.25, -0.2) is 4.79 Å². The molecule has 1 aromatic rings. The zero-order valence-electron chi connectivity index (χ0n) is 14.1. The van der Waals surface area contributed by atoms with Crippen molar-refractivity contribution in [1.82, 2.24) is 10.6 Å². The molecule has 0 saturated heterocycles. The lowest BCUT2D eigenvalue weighted by Crippen LogP contribution is -2.45. The van der Waals surface area contributed by atoms with E-state index in [9.17, 15) is 4.79 Å². The predicted molar refractivity (Wildman–Crippen MR) is 93.8 cm³/mol. The van der Waals surface area contributed by atoms with E-state index in [0.29, 0.717) is 24.5 Å². The topological polar surface area (TPSA) is 50.4 Å². The van der Waals surface area contributed by atoms with Crippen molar-refractivity contribution in [2.75, 3.05) is 12.3 Å². The summed E-state index contributed by atoms with van der Waals surface area (Å²) in [4.78, 5) is 13.3. The van der Waals surface area contributed by atoms with Crippen molar-refractivity contribution < 1.29 is 9.53 Å². The van der Waals surface area contributed by atoms with E-state index in [0.717, 1.165) is 5.75 Å². The molecular weight excluding hydrogens is 308 g/mol. The van der Waals surface area contributed by atoms with Crippen LogP contribution in [0.3, 0.4) is 0 Å². The van der Waals surface area contributed by atoms with Gasteiger partial charge in [0.1, 0.15) is 5.60 Å². The Morgan fingerprint density at radius 3 is 2.78 bits per heavy atom. The summed E-state index contributed by atoms with van der Waals surface area (Å²) in [6.45, 7) is 6.28. The normalized spacial score (nSPS) is 21.6. The Hall–Kier alpha value is -1.20. The van der Waals surface area contributed by atoms with Crippen LogP contribution in [0.1, 0.15) is 45.2 Å². The number of rotatable bonds is 5. The molecule has 1 heterocycles. The third-order valence-corrected chi connectivity index (χ3v) is 5.35. The number of amides is 1. The quantitative estimate of drug-likeness (QED) is 0.861. The second-order valence-electron chi connectivity index (χ2n) is 7.39. The lowest BCUT2D eigenvalue weighted by molar-refractivity contribution is 0.0520. The SMILES string of the molecule is CC(C)(C)OC(=O)NCC(NC1CSc2ccccc21)C1CC1. The van der Waals surface area contributed by atoms with Crippen molar-refractivity contribution in [2.24, 2.45) is 5.92 Å². The highest BCUT2D eigenvalue weighted by atomic mass is 32.2. The van der Waals surface area contributed by atoms with Crippen LogP contribution in [0.25, 0.3) is 0 Å². The van der Waals surface area contributed by atoms with Crippen molar-refractivity contribution in [1.29, 1.82) is 0 Å². The lowest BCUT2D eigenvalue weighted by atomic mass is 10.1. The van der Waals surface area contributed by atoms with Crippen LogP contribution in [0.5, 0.6) is 0 Å². The van der Waals surface area contributed by atoms with Crippen LogP contribution < -0.4 is 10.6 Å². The van der Waals surface area contributed by atoms with Crippen molar-refractivity contribution in [3.05, 3.63) is 29.8 Å². The van der Waals surface area contributed by atoms with Gasteiger partial charge >= 0.3 is 6.09 Å². The molecule has 2 atom stereocenters. The molecule has 0 bridgehead atoms. The maximum Gasteiger partial charge on any atom is 0.407 e. The smallest absolute Gasteiger partial charge is 0.407 e. The Morgan fingerprint density at radius 2 is 2.09 bits per heavy atom. The molecule has 2 N–H and O–H groups in total. The molecule has 0 aromatic heterocycles. The van der Waals surface area contributed by atoms with Crippen LogP contribution in [0, 0.1) is 5.92 Å². The number of carbonyl (C=O) groups excluding carboxylic acids is 1. The van der Waals surface area contributed by atoms with E-state index in [1.54, 1.807) is 0 Å². The van der Waals surface area contributed by atoms with Gasteiger partial charge in [-0.2, -0.15) is 0 Å². The van der Waals surface area contributed by atoms with Gasteiger partial charge in [-0.05, 0) is 51.2 Å². The average Bonchev–Trinajstić information content (AvgIpc) is 3.23. The average molecular weight is 334 g/mol. The van der Waals surface area contributed by atoms with Crippen LogP contribution in [0.4, 0.5) is 4.79 Å². The fourth-order valence-corrected chi connectivity index (χ4v) is 4.10. The summed E-state index contributed by atoms with van der Waals surface area (Å²) in [5.74, 6) is 1.73. The molecule has 1 saturated carbocycles. The molecule has 4 nitrogen and oxygen atoms in total. The summed E-state index contributed by atoms with van der Waals surface area (Å²) in [5, 5.41) is 6.69. The van der Waals surface area contributed by atoms with Crippen LogP contribution in [0.15, 0.2) is 29.2 Å². The maximum atomic E-state index is 11.9. The zero-order chi connectivity index (χ0) is 16.4. The van der Waals surface area contributed by atoms with E-state index in [1.807, 2.05) is 32.5 Å². The Kier molecular flexibility index (Phi) is 4.87. The number of carbonyl (C=O) groups is 1. The molecule has 0 radical (unpaired) electrons. The second-order valence-corrected chi connectivity index (χ2v) is 8.46. The Labute approximate surface area is 142 Å². The standard InChI is InChI=1S/C18H26N2O2S/c1-18(2,3)22-17(21)19-10-14(12-8-9-12)20-15-11-23-16-7-5-4-6-13(15)16/h4-7,12,14-15,20H,8-11H2,1-3H3,(H,19,21). The highest BCUT2D eigenvalue weighted by Crippen LogP contribution is 2.40. The number of fused-ring (bicyclic) bond motifs is 1. The molecule has 1 aromatic carbocycles. The molecule has 23 heavy (non-hydrogen) atoms. The Morgan fingerprint density at radius 1 is 1.35 bits per heavy atom. The Bertz CT molecular complexity index is 566. The van der Waals surface area contributed by atoms with E-state index >= 15 is 0 Å². The van der Waals surface area contributed by atoms with Crippen molar-refractivity contribution >= 4 is 17.9 Å². The van der Waals surface area contributed by atoms with Gasteiger partial charge in [0, 0.05) is 29.3 Å². The summed E-state index contributed by atoms with van der Waals surface area (Å²) in [6, 6.07) is 9.29. The molecule has 1 fully saturated rings. The third-order valence-electron chi connectivity index (χ3n) is 4.17. The maximum absolute atomic E-state index is 11.9. The summed E-state index contributed by atoms with van der Waals surface area (Å²) in [5.41, 5.74) is 0.939. The van der Waals surface area contributed by atoms with Crippen LogP contribution in [-0.2, 0) is 4.74 Å². The molecule has 2 unspecified atom stereocenters. The first-order valence-corrected chi connectivity index (χ1v) is 9.35. The fraction of sp³-hybridized carbons (Fsp3) is 0.611. The lowest BCUT2D eigenvalue weighted by Gasteiger charge is -2.25. The number of hydrogen-bond donors (Lipinski definition) is 2. The first kappa shape index (κ1) is 16.7. The first-order valence-electron chi connectivity index (χ1n) is 8.37. The fourth-order valence-electron chi connectivity index (χ4n) is 2.93. The summed E-state index contributed by atoms with van der Waals surface area (Å²) in [6.07, 6.45) is 2.16.